The first kappa shape index (κ1) is 29.2. The van der Waals surface area contributed by atoms with Gasteiger partial charge in [-0.3, -0.25) is 0 Å². The van der Waals surface area contributed by atoms with Crippen LogP contribution in [-0.2, 0) is 34.1 Å². The van der Waals surface area contributed by atoms with E-state index in [4.69, 9.17) is 25.4 Å². The van der Waals surface area contributed by atoms with Crippen molar-refractivity contribution in [1.82, 2.24) is 5.32 Å². The van der Waals surface area contributed by atoms with E-state index in [-0.39, 0.29) is 20.1 Å². The zero-order valence-corrected chi connectivity index (χ0v) is 9.44. The van der Waals surface area contributed by atoms with Crippen LogP contribution in [0.1, 0.15) is 0 Å². The van der Waals surface area contributed by atoms with Crippen LogP contribution >= 0.6 is 0 Å². The molecule has 0 atom stereocenters. The summed E-state index contributed by atoms with van der Waals surface area (Å²) < 4.78 is 22.5. The summed E-state index contributed by atoms with van der Waals surface area (Å²) in [6.07, 6.45) is 0. The molecule has 0 heterocycles. The SMILES string of the molecule is NCCNCCN.[C-]#[O+].[C-]#[O+].[C-]#[O+].[Tc]. The van der Waals surface area contributed by atoms with E-state index in [0.717, 1.165) is 13.1 Å². The van der Waals surface area contributed by atoms with E-state index >= 15 is 0 Å². The maximum absolute atomic E-state index is 7.50. The fourth-order valence-electron chi connectivity index (χ4n) is 0.329. The summed E-state index contributed by atoms with van der Waals surface area (Å²) in [6, 6.07) is 0. The first-order chi connectivity index (χ1) is 6.41. The van der Waals surface area contributed by atoms with E-state index in [9.17, 15) is 0 Å². The van der Waals surface area contributed by atoms with Gasteiger partial charge in [-0.15, -0.1) is 0 Å². The van der Waals surface area contributed by atoms with Crippen molar-refractivity contribution in [2.45, 2.75) is 0 Å². The van der Waals surface area contributed by atoms with Gasteiger partial charge >= 0.3 is 33.9 Å². The molecule has 7 heteroatoms. The van der Waals surface area contributed by atoms with E-state index in [1.165, 1.54) is 0 Å². The van der Waals surface area contributed by atoms with Crippen LogP contribution in [0.3, 0.4) is 0 Å². The minimum Gasteiger partial charge on any atom is 0 e. The molecule has 0 aromatic heterocycles. The fourth-order valence-corrected chi connectivity index (χ4v) is 0.329. The normalized spacial score (nSPS) is 5.14. The molecule has 81 valence electrons. The Morgan fingerprint density at radius 3 is 1.14 bits per heavy atom. The molecular formula is C7H13N3O3Tc. The van der Waals surface area contributed by atoms with Crippen molar-refractivity contribution in [3.63, 3.8) is 0 Å². The Balaban J connectivity index is -0.0000000332. The van der Waals surface area contributed by atoms with Crippen molar-refractivity contribution in [3.05, 3.63) is 20.0 Å². The van der Waals surface area contributed by atoms with E-state index in [0.29, 0.717) is 13.1 Å². The van der Waals surface area contributed by atoms with Crippen LogP contribution in [0, 0.1) is 20.0 Å². The van der Waals surface area contributed by atoms with Gasteiger partial charge in [0.1, 0.15) is 0 Å². The van der Waals surface area contributed by atoms with Crippen LogP contribution in [0.25, 0.3) is 0 Å². The molecule has 0 spiro atoms. The number of hydrogen-bond acceptors (Lipinski definition) is 3. The fraction of sp³-hybridized carbons (Fsp3) is 0.571. The molecule has 0 aromatic carbocycles. The smallest absolute Gasteiger partial charge is 0 e. The van der Waals surface area contributed by atoms with Crippen molar-refractivity contribution >= 4 is 0 Å². The Bertz CT molecular complexity index is 98.2. The van der Waals surface area contributed by atoms with Crippen molar-refractivity contribution in [2.24, 2.45) is 11.5 Å². The van der Waals surface area contributed by atoms with E-state index < -0.39 is 0 Å². The number of rotatable bonds is 4. The van der Waals surface area contributed by atoms with E-state index in [2.05, 4.69) is 25.3 Å². The molecule has 0 bridgehead atoms. The van der Waals surface area contributed by atoms with Gasteiger partial charge in [-0.2, -0.15) is 0 Å². The third-order valence-corrected chi connectivity index (χ3v) is 0.642. The van der Waals surface area contributed by atoms with Crippen LogP contribution in [0.15, 0.2) is 0 Å². The molecule has 14 heavy (non-hydrogen) atoms. The summed E-state index contributed by atoms with van der Waals surface area (Å²) >= 11 is 0. The summed E-state index contributed by atoms with van der Waals surface area (Å²) in [6.45, 7) is 16.6. The average Bonchev–Trinajstić information content (AvgIpc) is 2.27. The Morgan fingerprint density at radius 2 is 1.00 bits per heavy atom. The second kappa shape index (κ2) is 78.0. The molecule has 0 aromatic rings. The molecule has 6 nitrogen and oxygen atoms in total. The van der Waals surface area contributed by atoms with Gasteiger partial charge in [0.05, 0.1) is 0 Å². The molecule has 0 aliphatic rings. The largest absolute Gasteiger partial charge is 0 e. The number of nitrogens with two attached hydrogens (primary N) is 2. The quantitative estimate of drug-likeness (QED) is 0.326. The third-order valence-electron chi connectivity index (χ3n) is 0.642. The minimum absolute atomic E-state index is 0. The number of nitrogens with one attached hydrogen (secondary N) is 1. The second-order valence-electron chi connectivity index (χ2n) is 1.33. The van der Waals surface area contributed by atoms with Gasteiger partial charge in [-0.05, 0) is 0 Å². The maximum Gasteiger partial charge on any atom is 0 e. The molecule has 0 unspecified atom stereocenters. The zero-order valence-electron chi connectivity index (χ0n) is 7.59. The topological polar surface area (TPSA) is 124 Å². The van der Waals surface area contributed by atoms with Gasteiger partial charge in [0.2, 0.25) is 0 Å². The van der Waals surface area contributed by atoms with Crippen LogP contribution in [-0.4, -0.2) is 26.2 Å². The van der Waals surface area contributed by atoms with Gasteiger partial charge in [-0.25, -0.2) is 0 Å². The first-order valence-corrected chi connectivity index (χ1v) is 3.14. The molecule has 1 radical (unpaired) electrons. The summed E-state index contributed by atoms with van der Waals surface area (Å²) in [7, 11) is 0. The van der Waals surface area contributed by atoms with Crippen molar-refractivity contribution in [1.29, 1.82) is 0 Å². The Morgan fingerprint density at radius 1 is 0.786 bits per heavy atom. The van der Waals surface area contributed by atoms with Crippen molar-refractivity contribution in [2.75, 3.05) is 26.2 Å². The van der Waals surface area contributed by atoms with Crippen molar-refractivity contribution < 1.29 is 34.1 Å². The van der Waals surface area contributed by atoms with Crippen LogP contribution in [0.5, 0.6) is 0 Å². The molecule has 0 fully saturated rings. The summed E-state index contributed by atoms with van der Waals surface area (Å²) in [5.41, 5.74) is 10.3. The van der Waals surface area contributed by atoms with Gasteiger partial charge in [0.15, 0.2) is 0 Å². The monoisotopic (exact) mass is 284 g/mol. The first-order valence-electron chi connectivity index (χ1n) is 3.14. The predicted octanol–water partition coefficient (Wildman–Crippen LogP) is -1.62. The van der Waals surface area contributed by atoms with E-state index in [1.807, 2.05) is 0 Å². The predicted molar refractivity (Wildman–Crippen MR) is 42.8 cm³/mol. The van der Waals surface area contributed by atoms with Crippen molar-refractivity contribution in [3.8, 4) is 0 Å². The minimum atomic E-state index is 0. The average molecular weight is 285 g/mol. The Labute approximate surface area is 97.3 Å². The van der Waals surface area contributed by atoms with Gasteiger partial charge in [0.25, 0.3) is 0 Å². The maximum atomic E-state index is 7.50. The second-order valence-corrected chi connectivity index (χ2v) is 1.33. The summed E-state index contributed by atoms with van der Waals surface area (Å²) in [5.74, 6) is 0. The van der Waals surface area contributed by atoms with Crippen LogP contribution in [0.2, 0.25) is 0 Å². The molecule has 0 rings (SSSR count). The van der Waals surface area contributed by atoms with Crippen LogP contribution < -0.4 is 16.8 Å². The molecular weight excluding hydrogens is 272 g/mol. The molecule has 0 saturated carbocycles. The van der Waals surface area contributed by atoms with Crippen LogP contribution in [0.4, 0.5) is 0 Å². The number of hydrogen-bond donors (Lipinski definition) is 3. The summed E-state index contributed by atoms with van der Waals surface area (Å²) in [4.78, 5) is 0. The van der Waals surface area contributed by atoms with Gasteiger partial charge < -0.3 is 16.8 Å². The van der Waals surface area contributed by atoms with Gasteiger partial charge in [-0.1, -0.05) is 0 Å². The standard InChI is InChI=1S/C4H13N3.3CO.Tc/c5-1-3-7-4-2-6;3*1-2;/h7H,1-6H2;;;;. The molecule has 0 saturated heterocycles. The zero-order chi connectivity index (χ0) is 11.5. The summed E-state index contributed by atoms with van der Waals surface area (Å²) in [5, 5.41) is 3.03. The molecule has 5 N–H and O–H groups in total. The Kier molecular flexibility index (Phi) is 163. The molecule has 0 aliphatic heterocycles. The molecule has 0 amide bonds. The third kappa shape index (κ3) is 96.6. The molecule has 0 aliphatic carbocycles. The Hall–Kier alpha value is -0.251. The van der Waals surface area contributed by atoms with Gasteiger partial charge in [0, 0.05) is 46.3 Å². The van der Waals surface area contributed by atoms with E-state index in [1.54, 1.807) is 0 Å².